The summed E-state index contributed by atoms with van der Waals surface area (Å²) in [5, 5.41) is 3.46. The van der Waals surface area contributed by atoms with Gasteiger partial charge in [-0.05, 0) is 41.2 Å². The van der Waals surface area contributed by atoms with Crippen LogP contribution in [0.2, 0.25) is 0 Å². The summed E-state index contributed by atoms with van der Waals surface area (Å²) >= 11 is 1.80. The van der Waals surface area contributed by atoms with E-state index in [-0.39, 0.29) is 6.04 Å². The Morgan fingerprint density at radius 3 is 2.88 bits per heavy atom. The second-order valence-corrected chi connectivity index (χ2v) is 5.58. The summed E-state index contributed by atoms with van der Waals surface area (Å²) in [5.74, 6) is 0.566. The molecule has 0 spiro atoms. The molecule has 17 heavy (non-hydrogen) atoms. The zero-order chi connectivity index (χ0) is 11.7. The average Bonchev–Trinajstić information content (AvgIpc) is 2.87. The van der Waals surface area contributed by atoms with Crippen LogP contribution in [0, 0.1) is 5.92 Å². The molecule has 3 rings (SSSR count). The van der Waals surface area contributed by atoms with Gasteiger partial charge in [-0.15, -0.1) is 11.3 Å². The number of rotatable bonds is 2. The lowest BCUT2D eigenvalue weighted by molar-refractivity contribution is 0.0585. The van der Waals surface area contributed by atoms with Crippen LogP contribution in [0.4, 0.5) is 0 Å². The van der Waals surface area contributed by atoms with Crippen molar-refractivity contribution >= 4 is 21.4 Å². The molecular weight excluding hydrogens is 230 g/mol. The maximum atomic E-state index is 6.45. The molecule has 1 aromatic carbocycles. The lowest BCUT2D eigenvalue weighted by Crippen LogP contribution is -2.27. The Kier molecular flexibility index (Phi) is 3.14. The molecule has 2 heterocycles. The summed E-state index contributed by atoms with van der Waals surface area (Å²) in [6, 6.07) is 8.77. The lowest BCUT2D eigenvalue weighted by atomic mass is 9.87. The van der Waals surface area contributed by atoms with E-state index in [1.165, 1.54) is 15.6 Å². The Balaban J connectivity index is 1.94. The molecule has 3 heteroatoms. The summed E-state index contributed by atoms with van der Waals surface area (Å²) in [5.41, 5.74) is 7.76. The molecule has 0 amide bonds. The van der Waals surface area contributed by atoms with Crippen LogP contribution in [0.25, 0.3) is 10.1 Å². The van der Waals surface area contributed by atoms with Crippen molar-refractivity contribution in [2.75, 3.05) is 13.2 Å². The van der Waals surface area contributed by atoms with Crippen LogP contribution in [-0.4, -0.2) is 13.2 Å². The van der Waals surface area contributed by atoms with Gasteiger partial charge in [-0.25, -0.2) is 0 Å². The van der Waals surface area contributed by atoms with E-state index in [1.807, 2.05) is 0 Å². The molecule has 90 valence electrons. The second kappa shape index (κ2) is 4.77. The van der Waals surface area contributed by atoms with Crippen LogP contribution in [-0.2, 0) is 4.74 Å². The molecule has 0 radical (unpaired) electrons. The van der Waals surface area contributed by atoms with Crippen molar-refractivity contribution in [1.29, 1.82) is 0 Å². The second-order valence-electron chi connectivity index (χ2n) is 4.66. The van der Waals surface area contributed by atoms with Crippen LogP contribution in [0.15, 0.2) is 29.6 Å². The SMILES string of the molecule is NC(c1cccc2ccsc12)C1CCOCC1. The molecule has 1 atom stereocenters. The van der Waals surface area contributed by atoms with E-state index in [9.17, 15) is 0 Å². The minimum atomic E-state index is 0.154. The van der Waals surface area contributed by atoms with E-state index >= 15 is 0 Å². The van der Waals surface area contributed by atoms with Crippen molar-refractivity contribution in [3.8, 4) is 0 Å². The molecule has 0 saturated carbocycles. The molecule has 1 unspecified atom stereocenters. The van der Waals surface area contributed by atoms with Crippen molar-refractivity contribution < 1.29 is 4.74 Å². The molecule has 2 nitrogen and oxygen atoms in total. The summed E-state index contributed by atoms with van der Waals surface area (Å²) < 4.78 is 6.76. The van der Waals surface area contributed by atoms with Gasteiger partial charge in [0.15, 0.2) is 0 Å². The first-order chi connectivity index (χ1) is 8.36. The molecular formula is C14H17NOS. The third kappa shape index (κ3) is 2.10. The van der Waals surface area contributed by atoms with Gasteiger partial charge >= 0.3 is 0 Å². The van der Waals surface area contributed by atoms with Gasteiger partial charge in [0.25, 0.3) is 0 Å². The third-order valence-corrected chi connectivity index (χ3v) is 4.62. The molecule has 2 aromatic rings. The fourth-order valence-corrected chi connectivity index (χ4v) is 3.57. The molecule has 2 N–H and O–H groups in total. The number of hydrogen-bond acceptors (Lipinski definition) is 3. The third-order valence-electron chi connectivity index (χ3n) is 3.64. The van der Waals surface area contributed by atoms with E-state index in [0.717, 1.165) is 26.1 Å². The van der Waals surface area contributed by atoms with E-state index in [2.05, 4.69) is 29.6 Å². The average molecular weight is 247 g/mol. The van der Waals surface area contributed by atoms with Gasteiger partial charge in [-0.3, -0.25) is 0 Å². The zero-order valence-corrected chi connectivity index (χ0v) is 10.6. The highest BCUT2D eigenvalue weighted by Gasteiger charge is 2.23. The van der Waals surface area contributed by atoms with Gasteiger partial charge in [-0.2, -0.15) is 0 Å². The first-order valence-electron chi connectivity index (χ1n) is 6.16. The van der Waals surface area contributed by atoms with Gasteiger partial charge in [0, 0.05) is 24.0 Å². The van der Waals surface area contributed by atoms with Crippen molar-refractivity contribution in [3.63, 3.8) is 0 Å². The van der Waals surface area contributed by atoms with Crippen LogP contribution < -0.4 is 5.73 Å². The number of ether oxygens (including phenoxy) is 1. The minimum absolute atomic E-state index is 0.154. The summed E-state index contributed by atoms with van der Waals surface area (Å²) in [6.07, 6.45) is 2.17. The molecule has 1 aliphatic rings. The molecule has 1 saturated heterocycles. The molecule has 1 aliphatic heterocycles. The normalized spacial score (nSPS) is 19.6. The Morgan fingerprint density at radius 2 is 2.06 bits per heavy atom. The van der Waals surface area contributed by atoms with Crippen molar-refractivity contribution in [3.05, 3.63) is 35.2 Å². The first-order valence-corrected chi connectivity index (χ1v) is 7.03. The van der Waals surface area contributed by atoms with Crippen LogP contribution in [0.3, 0.4) is 0 Å². The van der Waals surface area contributed by atoms with Gasteiger partial charge in [0.05, 0.1) is 0 Å². The predicted molar refractivity (Wildman–Crippen MR) is 72.3 cm³/mol. The Hall–Kier alpha value is -0.900. The standard InChI is InChI=1S/C14H17NOS/c15-13(10-4-7-16-8-5-10)12-3-1-2-11-6-9-17-14(11)12/h1-3,6,9-10,13H,4-5,7-8,15H2. The summed E-state index contributed by atoms with van der Waals surface area (Å²) in [7, 11) is 0. The Morgan fingerprint density at radius 1 is 1.24 bits per heavy atom. The molecule has 0 bridgehead atoms. The number of benzene rings is 1. The summed E-state index contributed by atoms with van der Waals surface area (Å²) in [6.45, 7) is 1.72. The maximum Gasteiger partial charge on any atom is 0.0469 e. The highest BCUT2D eigenvalue weighted by molar-refractivity contribution is 7.17. The quantitative estimate of drug-likeness (QED) is 0.883. The topological polar surface area (TPSA) is 35.2 Å². The Labute approximate surface area is 105 Å². The van der Waals surface area contributed by atoms with Crippen molar-refractivity contribution in [2.24, 2.45) is 11.7 Å². The fourth-order valence-electron chi connectivity index (χ4n) is 2.61. The highest BCUT2D eigenvalue weighted by Crippen LogP contribution is 2.34. The van der Waals surface area contributed by atoms with Gasteiger partial charge in [0.1, 0.15) is 0 Å². The zero-order valence-electron chi connectivity index (χ0n) is 9.76. The molecule has 0 aliphatic carbocycles. The van der Waals surface area contributed by atoms with E-state index in [4.69, 9.17) is 10.5 Å². The smallest absolute Gasteiger partial charge is 0.0469 e. The van der Waals surface area contributed by atoms with Crippen molar-refractivity contribution in [1.82, 2.24) is 0 Å². The van der Waals surface area contributed by atoms with Gasteiger partial charge < -0.3 is 10.5 Å². The number of thiophene rings is 1. The van der Waals surface area contributed by atoms with Crippen LogP contribution >= 0.6 is 11.3 Å². The molecule has 1 fully saturated rings. The van der Waals surface area contributed by atoms with E-state index in [0.29, 0.717) is 5.92 Å². The predicted octanol–water partition coefficient (Wildman–Crippen LogP) is 3.33. The van der Waals surface area contributed by atoms with E-state index < -0.39 is 0 Å². The van der Waals surface area contributed by atoms with Crippen molar-refractivity contribution in [2.45, 2.75) is 18.9 Å². The highest BCUT2D eigenvalue weighted by atomic mass is 32.1. The number of nitrogens with two attached hydrogens (primary N) is 1. The van der Waals surface area contributed by atoms with Gasteiger partial charge in [0.2, 0.25) is 0 Å². The van der Waals surface area contributed by atoms with E-state index in [1.54, 1.807) is 11.3 Å². The number of hydrogen-bond donors (Lipinski definition) is 1. The fraction of sp³-hybridized carbons (Fsp3) is 0.429. The minimum Gasteiger partial charge on any atom is -0.381 e. The lowest BCUT2D eigenvalue weighted by Gasteiger charge is -2.28. The number of fused-ring (bicyclic) bond motifs is 1. The Bertz CT molecular complexity index is 502. The monoisotopic (exact) mass is 247 g/mol. The largest absolute Gasteiger partial charge is 0.381 e. The first kappa shape index (κ1) is 11.2. The summed E-state index contributed by atoms with van der Waals surface area (Å²) in [4.78, 5) is 0. The van der Waals surface area contributed by atoms with Crippen LogP contribution in [0.1, 0.15) is 24.4 Å². The maximum absolute atomic E-state index is 6.45. The van der Waals surface area contributed by atoms with Gasteiger partial charge in [-0.1, -0.05) is 18.2 Å². The van der Waals surface area contributed by atoms with Crippen LogP contribution in [0.5, 0.6) is 0 Å². The molecule has 1 aromatic heterocycles.